The number of aromatic nitrogens is 2. The van der Waals surface area contributed by atoms with Gasteiger partial charge in [-0.3, -0.25) is 9.59 Å². The summed E-state index contributed by atoms with van der Waals surface area (Å²) in [6, 6.07) is -3.24. The number of Topliss-reactive ketones (excluding diaryl/α,β-unsaturated/α-hetero) is 1. The molecular weight excluding hydrogens is 452 g/mol. The number of amides is 3. The van der Waals surface area contributed by atoms with Crippen LogP contribution >= 0.6 is 0 Å². The number of morpholine rings is 1. The first kappa shape index (κ1) is 27.6. The fourth-order valence-electron chi connectivity index (χ4n) is 3.39. The third-order valence-corrected chi connectivity index (χ3v) is 5.36. The molecule has 2 heterocycles. The van der Waals surface area contributed by atoms with Crippen molar-refractivity contribution in [2.45, 2.75) is 83.7 Å². The van der Waals surface area contributed by atoms with E-state index in [0.29, 0.717) is 13.2 Å². The molecule has 1 aromatic heterocycles. The van der Waals surface area contributed by atoms with Crippen molar-refractivity contribution in [3.8, 4) is 0 Å². The van der Waals surface area contributed by atoms with Crippen molar-refractivity contribution in [2.24, 2.45) is 0 Å². The van der Waals surface area contributed by atoms with Gasteiger partial charge in [0.15, 0.2) is 0 Å². The SMILES string of the molecule is CCCC(F)(F)CC(NC(=O)N1CCOCC1)C(=O)N[C@@H](CC)C(=O)c1noc(C(C)(C)C)n1. The molecule has 1 aliphatic rings. The van der Waals surface area contributed by atoms with Crippen LogP contribution in [0.3, 0.4) is 0 Å². The quantitative estimate of drug-likeness (QED) is 0.486. The fraction of sp³-hybridized carbons (Fsp3) is 0.773. The van der Waals surface area contributed by atoms with Crippen LogP contribution in [-0.2, 0) is 14.9 Å². The monoisotopic (exact) mass is 487 g/mol. The van der Waals surface area contributed by atoms with E-state index in [2.05, 4.69) is 20.8 Å². The smallest absolute Gasteiger partial charge is 0.318 e. The van der Waals surface area contributed by atoms with E-state index in [1.165, 1.54) is 4.90 Å². The highest BCUT2D eigenvalue weighted by Gasteiger charge is 2.38. The number of rotatable bonds is 10. The zero-order chi connectivity index (χ0) is 25.5. The van der Waals surface area contributed by atoms with Crippen LogP contribution in [0.4, 0.5) is 13.6 Å². The van der Waals surface area contributed by atoms with Crippen LogP contribution in [0.5, 0.6) is 0 Å². The van der Waals surface area contributed by atoms with Crippen molar-refractivity contribution in [1.82, 2.24) is 25.7 Å². The average Bonchev–Trinajstić information content (AvgIpc) is 3.27. The highest BCUT2D eigenvalue weighted by atomic mass is 19.3. The van der Waals surface area contributed by atoms with Gasteiger partial charge in [-0.2, -0.15) is 4.98 Å². The van der Waals surface area contributed by atoms with E-state index in [-0.39, 0.29) is 37.6 Å². The van der Waals surface area contributed by atoms with Crippen molar-refractivity contribution < 1.29 is 32.4 Å². The summed E-state index contributed by atoms with van der Waals surface area (Å²) in [5, 5.41) is 8.60. The molecule has 10 nitrogen and oxygen atoms in total. The predicted octanol–water partition coefficient (Wildman–Crippen LogP) is 2.68. The van der Waals surface area contributed by atoms with E-state index in [0.717, 1.165) is 0 Å². The minimum atomic E-state index is -3.17. The van der Waals surface area contributed by atoms with Crippen LogP contribution in [0.1, 0.15) is 76.8 Å². The molecule has 0 bridgehead atoms. The zero-order valence-corrected chi connectivity index (χ0v) is 20.5. The summed E-state index contributed by atoms with van der Waals surface area (Å²) in [4.78, 5) is 44.0. The summed E-state index contributed by atoms with van der Waals surface area (Å²) < 4.78 is 39.2. The Balaban J connectivity index is 2.16. The van der Waals surface area contributed by atoms with Gasteiger partial charge in [-0.15, -0.1) is 0 Å². The summed E-state index contributed by atoms with van der Waals surface area (Å²) in [5.41, 5.74) is -0.476. The molecule has 192 valence electrons. The maximum absolute atomic E-state index is 14.4. The Labute approximate surface area is 198 Å². The Morgan fingerprint density at radius 3 is 2.26 bits per heavy atom. The number of halogens is 2. The van der Waals surface area contributed by atoms with Gasteiger partial charge >= 0.3 is 6.03 Å². The molecule has 0 saturated carbocycles. The maximum Gasteiger partial charge on any atom is 0.318 e. The molecule has 2 rings (SSSR count). The molecule has 1 aromatic rings. The molecule has 1 saturated heterocycles. The molecular formula is C22H35F2N5O5. The number of nitrogens with zero attached hydrogens (tertiary/aromatic N) is 3. The van der Waals surface area contributed by atoms with Crippen LogP contribution < -0.4 is 10.6 Å². The van der Waals surface area contributed by atoms with Gasteiger partial charge in [-0.05, 0) is 6.42 Å². The second-order valence-electron chi connectivity index (χ2n) is 9.42. The Morgan fingerprint density at radius 1 is 1.09 bits per heavy atom. The standard InChI is InChI=1S/C22H35F2N5O5/c1-6-8-22(23,24)13-15(26-20(32)29-9-11-33-12-10-29)18(31)25-14(7-2)16(30)17-27-19(34-28-17)21(3,4)5/h14-15H,6-13H2,1-5H3,(H,25,31)(H,26,32)/t14-,15?/m0/s1. The Kier molecular flexibility index (Phi) is 9.48. The Bertz CT molecular complexity index is 849. The number of hydrogen-bond acceptors (Lipinski definition) is 7. The van der Waals surface area contributed by atoms with Crippen LogP contribution in [0.25, 0.3) is 0 Å². The molecule has 3 amide bonds. The minimum absolute atomic E-state index is 0.166. The predicted molar refractivity (Wildman–Crippen MR) is 119 cm³/mol. The van der Waals surface area contributed by atoms with Crippen molar-refractivity contribution in [1.29, 1.82) is 0 Å². The van der Waals surface area contributed by atoms with Crippen LogP contribution in [0.2, 0.25) is 0 Å². The van der Waals surface area contributed by atoms with E-state index in [1.807, 2.05) is 20.8 Å². The third-order valence-electron chi connectivity index (χ3n) is 5.36. The van der Waals surface area contributed by atoms with E-state index in [4.69, 9.17) is 9.26 Å². The number of alkyl halides is 2. The molecule has 1 aliphatic heterocycles. The largest absolute Gasteiger partial charge is 0.378 e. The van der Waals surface area contributed by atoms with Gasteiger partial charge in [0.25, 0.3) is 5.92 Å². The molecule has 0 radical (unpaired) electrons. The number of hydrogen-bond donors (Lipinski definition) is 2. The number of ether oxygens (including phenoxy) is 1. The van der Waals surface area contributed by atoms with Gasteiger partial charge in [0.05, 0.1) is 19.3 Å². The summed E-state index contributed by atoms with van der Waals surface area (Å²) in [6.07, 6.45) is -0.940. The molecule has 2 N–H and O–H groups in total. The molecule has 1 fully saturated rings. The summed E-state index contributed by atoms with van der Waals surface area (Å²) in [5.74, 6) is -4.60. The van der Waals surface area contributed by atoms with Crippen molar-refractivity contribution in [3.05, 3.63) is 11.7 Å². The highest BCUT2D eigenvalue weighted by Crippen LogP contribution is 2.26. The summed E-state index contributed by atoms with van der Waals surface area (Å²) in [6.45, 7) is 10.0. The third kappa shape index (κ3) is 7.71. The van der Waals surface area contributed by atoms with Crippen LogP contribution in [0, 0.1) is 0 Å². The van der Waals surface area contributed by atoms with Gasteiger partial charge in [0.2, 0.25) is 23.4 Å². The highest BCUT2D eigenvalue weighted by molar-refractivity contribution is 6.00. The maximum atomic E-state index is 14.4. The van der Waals surface area contributed by atoms with Crippen molar-refractivity contribution in [3.63, 3.8) is 0 Å². The number of ketones is 1. The molecule has 0 aliphatic carbocycles. The zero-order valence-electron chi connectivity index (χ0n) is 20.5. The van der Waals surface area contributed by atoms with E-state index >= 15 is 0 Å². The van der Waals surface area contributed by atoms with Crippen LogP contribution in [-0.4, -0.2) is 77.1 Å². The van der Waals surface area contributed by atoms with Gasteiger partial charge < -0.3 is 24.8 Å². The van der Waals surface area contributed by atoms with Crippen molar-refractivity contribution >= 4 is 17.7 Å². The topological polar surface area (TPSA) is 127 Å². The van der Waals surface area contributed by atoms with Gasteiger partial charge in [-0.25, -0.2) is 13.6 Å². The molecule has 34 heavy (non-hydrogen) atoms. The Morgan fingerprint density at radius 2 is 1.74 bits per heavy atom. The van der Waals surface area contributed by atoms with Gasteiger partial charge in [0, 0.05) is 31.3 Å². The number of carbonyl (C=O) groups is 3. The lowest BCUT2D eigenvalue weighted by Crippen LogP contribution is -2.56. The lowest BCUT2D eigenvalue weighted by Gasteiger charge is -2.30. The van der Waals surface area contributed by atoms with E-state index in [1.54, 1.807) is 13.8 Å². The summed E-state index contributed by atoms with van der Waals surface area (Å²) >= 11 is 0. The first-order chi connectivity index (χ1) is 15.9. The van der Waals surface area contributed by atoms with E-state index in [9.17, 15) is 23.2 Å². The van der Waals surface area contributed by atoms with Crippen LogP contribution in [0.15, 0.2) is 4.52 Å². The number of nitrogens with one attached hydrogen (secondary N) is 2. The molecule has 1 unspecified atom stereocenters. The molecule has 0 spiro atoms. The molecule has 12 heteroatoms. The van der Waals surface area contributed by atoms with Crippen molar-refractivity contribution in [2.75, 3.05) is 26.3 Å². The average molecular weight is 488 g/mol. The van der Waals surface area contributed by atoms with Gasteiger partial charge in [-0.1, -0.05) is 46.2 Å². The molecule has 0 aromatic carbocycles. The lowest BCUT2D eigenvalue weighted by atomic mass is 9.97. The second-order valence-corrected chi connectivity index (χ2v) is 9.42. The lowest BCUT2D eigenvalue weighted by molar-refractivity contribution is -0.126. The first-order valence-corrected chi connectivity index (χ1v) is 11.6. The molecule has 2 atom stereocenters. The van der Waals surface area contributed by atoms with E-state index < -0.39 is 54.0 Å². The van der Waals surface area contributed by atoms with Gasteiger partial charge in [0.1, 0.15) is 6.04 Å². The number of carbonyl (C=O) groups excluding carboxylic acids is 3. The first-order valence-electron chi connectivity index (χ1n) is 11.6. The summed E-state index contributed by atoms with van der Waals surface area (Å²) in [7, 11) is 0. The number of urea groups is 1. The normalized spacial score (nSPS) is 16.6. The second kappa shape index (κ2) is 11.7. The minimum Gasteiger partial charge on any atom is -0.378 e. The Hall–Kier alpha value is -2.63. The fourth-order valence-corrected chi connectivity index (χ4v) is 3.39.